The molecule has 33 heavy (non-hydrogen) atoms. The van der Waals surface area contributed by atoms with Crippen LogP contribution in [0, 0.1) is 17.1 Å². The van der Waals surface area contributed by atoms with Crippen molar-refractivity contribution in [1.29, 1.82) is 5.26 Å². The molecule has 0 bridgehead atoms. The molecule has 0 spiro atoms. The van der Waals surface area contributed by atoms with Gasteiger partial charge in [-0.15, -0.1) is 0 Å². The Hall–Kier alpha value is -3.11. The topological polar surface area (TPSA) is 59.8 Å². The van der Waals surface area contributed by atoms with Gasteiger partial charge in [-0.05, 0) is 56.5 Å². The first-order valence-corrected chi connectivity index (χ1v) is 11.7. The van der Waals surface area contributed by atoms with E-state index in [0.29, 0.717) is 31.4 Å². The second-order valence-electron chi connectivity index (χ2n) is 9.35. The number of benzene rings is 2. The largest absolute Gasteiger partial charge is 0.492 e. The lowest BCUT2D eigenvalue weighted by Gasteiger charge is -2.48. The van der Waals surface area contributed by atoms with Crippen molar-refractivity contribution < 1.29 is 13.9 Å². The summed E-state index contributed by atoms with van der Waals surface area (Å²) in [5.74, 6) is 0.536. The van der Waals surface area contributed by atoms with Crippen LogP contribution in [0.15, 0.2) is 36.4 Å². The van der Waals surface area contributed by atoms with E-state index in [9.17, 15) is 14.4 Å². The summed E-state index contributed by atoms with van der Waals surface area (Å²) >= 11 is 0. The molecule has 0 aromatic heterocycles. The van der Waals surface area contributed by atoms with Gasteiger partial charge >= 0.3 is 0 Å². The van der Waals surface area contributed by atoms with Gasteiger partial charge in [-0.2, -0.15) is 5.26 Å². The van der Waals surface area contributed by atoms with Crippen LogP contribution < -0.4 is 14.5 Å². The number of nitriles is 1. The van der Waals surface area contributed by atoms with E-state index in [1.54, 1.807) is 0 Å². The molecular weight excluding hydrogens is 419 g/mol. The highest BCUT2D eigenvalue weighted by Gasteiger charge is 2.53. The van der Waals surface area contributed by atoms with Crippen LogP contribution >= 0.6 is 0 Å². The predicted molar refractivity (Wildman–Crippen MR) is 125 cm³/mol. The molecule has 1 fully saturated rings. The number of halogens is 1. The summed E-state index contributed by atoms with van der Waals surface area (Å²) < 4.78 is 19.1. The maximum Gasteiger partial charge on any atom is 0.246 e. The van der Waals surface area contributed by atoms with Crippen molar-refractivity contribution >= 4 is 17.3 Å². The number of nitrogens with zero attached hydrogens (tertiary/aromatic N) is 4. The summed E-state index contributed by atoms with van der Waals surface area (Å²) in [6.07, 6.45) is 1.83. The Morgan fingerprint density at radius 2 is 2.15 bits per heavy atom. The van der Waals surface area contributed by atoms with Crippen LogP contribution in [0.2, 0.25) is 0 Å². The zero-order chi connectivity index (χ0) is 23.2. The number of carbonyl (C=O) groups is 1. The molecule has 5 rings (SSSR count). The van der Waals surface area contributed by atoms with Crippen LogP contribution in [0.3, 0.4) is 0 Å². The lowest BCUT2D eigenvalue weighted by Crippen LogP contribution is -2.58. The van der Waals surface area contributed by atoms with E-state index in [0.717, 1.165) is 38.2 Å². The number of hydrogen-bond acceptors (Lipinski definition) is 5. The minimum Gasteiger partial charge on any atom is -0.492 e. The van der Waals surface area contributed by atoms with Gasteiger partial charge in [0, 0.05) is 37.6 Å². The van der Waals surface area contributed by atoms with E-state index >= 15 is 0 Å². The maximum absolute atomic E-state index is 13.3. The second-order valence-corrected chi connectivity index (χ2v) is 9.35. The molecule has 172 valence electrons. The zero-order valence-electron chi connectivity index (χ0n) is 19.2. The normalized spacial score (nSPS) is 23.8. The van der Waals surface area contributed by atoms with Crippen molar-refractivity contribution in [3.63, 3.8) is 0 Å². The van der Waals surface area contributed by atoms with Crippen LogP contribution in [-0.4, -0.2) is 55.7 Å². The third-order valence-corrected chi connectivity index (χ3v) is 7.57. The SMILES string of the molecule is CCN1C(=O)CN2c3c(cccc31)[C@@H]1CN(CCCOc3ccc(F)cc3C#N)CC[C@@]12C. The van der Waals surface area contributed by atoms with Crippen LogP contribution in [0.5, 0.6) is 5.75 Å². The predicted octanol–water partition coefficient (Wildman–Crippen LogP) is 3.90. The lowest BCUT2D eigenvalue weighted by molar-refractivity contribution is -0.117. The minimum atomic E-state index is -0.433. The average Bonchev–Trinajstić information content (AvgIpc) is 3.06. The van der Waals surface area contributed by atoms with Crippen LogP contribution in [-0.2, 0) is 4.79 Å². The molecule has 3 aliphatic heterocycles. The molecule has 0 N–H and O–H groups in total. The van der Waals surface area contributed by atoms with E-state index in [2.05, 4.69) is 34.9 Å². The first kappa shape index (κ1) is 21.7. The monoisotopic (exact) mass is 448 g/mol. The molecule has 0 radical (unpaired) electrons. The van der Waals surface area contributed by atoms with E-state index in [1.807, 2.05) is 17.9 Å². The third-order valence-electron chi connectivity index (χ3n) is 7.57. The number of piperidine rings is 1. The van der Waals surface area contributed by atoms with E-state index in [1.165, 1.54) is 29.4 Å². The van der Waals surface area contributed by atoms with Gasteiger partial charge in [0.2, 0.25) is 5.91 Å². The summed E-state index contributed by atoms with van der Waals surface area (Å²) in [5.41, 5.74) is 3.83. The molecule has 0 saturated carbocycles. The van der Waals surface area contributed by atoms with Crippen molar-refractivity contribution in [2.45, 2.75) is 38.1 Å². The van der Waals surface area contributed by atoms with E-state index < -0.39 is 5.82 Å². The molecule has 1 saturated heterocycles. The highest BCUT2D eigenvalue weighted by molar-refractivity contribution is 6.05. The fourth-order valence-electron chi connectivity index (χ4n) is 5.81. The van der Waals surface area contributed by atoms with Crippen LogP contribution in [0.4, 0.5) is 15.8 Å². The quantitative estimate of drug-likeness (QED) is 0.628. The van der Waals surface area contributed by atoms with Gasteiger partial charge < -0.3 is 19.4 Å². The van der Waals surface area contributed by atoms with Crippen molar-refractivity contribution in [2.24, 2.45) is 0 Å². The van der Waals surface area contributed by atoms with Gasteiger partial charge in [0.1, 0.15) is 17.6 Å². The molecule has 1 amide bonds. The number of anilines is 2. The Bertz CT molecular complexity index is 1130. The summed E-state index contributed by atoms with van der Waals surface area (Å²) in [7, 11) is 0. The molecule has 0 unspecified atom stereocenters. The van der Waals surface area contributed by atoms with E-state index in [-0.39, 0.29) is 17.0 Å². The number of carbonyl (C=O) groups excluding carboxylic acids is 1. The Labute approximate surface area is 194 Å². The van der Waals surface area contributed by atoms with Gasteiger partial charge in [0.05, 0.1) is 30.1 Å². The maximum atomic E-state index is 13.3. The summed E-state index contributed by atoms with van der Waals surface area (Å²) in [4.78, 5) is 19.6. The highest BCUT2D eigenvalue weighted by Crippen LogP contribution is 2.56. The molecular formula is C26H29FN4O2. The molecule has 2 atom stereocenters. The molecule has 3 heterocycles. The standard InChI is InChI=1S/C26H29FN4O2/c1-3-30-22-7-4-6-20-21-16-29(12-10-26(21,2)31(25(20)22)17-24(30)32)11-5-13-33-23-9-8-19(27)14-18(23)15-28/h4,6-9,14,21H,3,5,10-13,16-17H2,1-2H3/t21-,26-/m0/s1. The number of rotatable bonds is 6. The molecule has 0 aliphatic carbocycles. The fourth-order valence-corrected chi connectivity index (χ4v) is 5.81. The summed E-state index contributed by atoms with van der Waals surface area (Å²) in [5, 5.41) is 9.18. The smallest absolute Gasteiger partial charge is 0.246 e. The van der Waals surface area contributed by atoms with Gasteiger partial charge in [-0.3, -0.25) is 4.79 Å². The first-order valence-electron chi connectivity index (χ1n) is 11.7. The molecule has 2 aromatic rings. The van der Waals surface area contributed by atoms with Gasteiger partial charge in [-0.25, -0.2) is 4.39 Å². The number of ether oxygens (including phenoxy) is 1. The number of para-hydroxylation sites is 1. The van der Waals surface area contributed by atoms with Gasteiger partial charge in [0.25, 0.3) is 0 Å². The number of fused-ring (bicyclic) bond motifs is 3. The Morgan fingerprint density at radius 1 is 1.30 bits per heavy atom. The average molecular weight is 449 g/mol. The van der Waals surface area contributed by atoms with Crippen molar-refractivity contribution in [1.82, 2.24) is 4.90 Å². The van der Waals surface area contributed by atoms with Crippen molar-refractivity contribution in [2.75, 3.05) is 49.1 Å². The van der Waals surface area contributed by atoms with Crippen LogP contribution in [0.25, 0.3) is 0 Å². The van der Waals surface area contributed by atoms with Crippen molar-refractivity contribution in [3.05, 3.63) is 53.3 Å². The highest BCUT2D eigenvalue weighted by atomic mass is 19.1. The summed E-state index contributed by atoms with van der Waals surface area (Å²) in [6.45, 7) is 8.79. The zero-order valence-corrected chi connectivity index (χ0v) is 19.2. The minimum absolute atomic E-state index is 0.0449. The Kier molecular flexibility index (Phi) is 5.49. The second kappa shape index (κ2) is 8.35. The van der Waals surface area contributed by atoms with Crippen LogP contribution in [0.1, 0.15) is 43.7 Å². The van der Waals surface area contributed by atoms with Gasteiger partial charge in [-0.1, -0.05) is 12.1 Å². The first-order chi connectivity index (χ1) is 16.0. The third kappa shape index (κ3) is 3.53. The number of likely N-dealkylation sites (tertiary alicyclic amines) is 1. The molecule has 2 aromatic carbocycles. The molecule has 6 nitrogen and oxygen atoms in total. The summed E-state index contributed by atoms with van der Waals surface area (Å²) in [6, 6.07) is 12.4. The van der Waals surface area contributed by atoms with Crippen molar-refractivity contribution in [3.8, 4) is 11.8 Å². The number of amides is 1. The molecule has 7 heteroatoms. The van der Waals surface area contributed by atoms with E-state index in [4.69, 9.17) is 4.74 Å². The Morgan fingerprint density at radius 3 is 2.94 bits per heavy atom. The lowest BCUT2D eigenvalue weighted by atomic mass is 9.78. The number of likely N-dealkylation sites (N-methyl/N-ethyl adjacent to an activating group) is 1. The Balaban J connectivity index is 1.26. The molecule has 3 aliphatic rings. The fraction of sp³-hybridized carbons (Fsp3) is 0.462. The van der Waals surface area contributed by atoms with Gasteiger partial charge in [0.15, 0.2) is 0 Å². The number of hydrogen-bond donors (Lipinski definition) is 0.